The predicted molar refractivity (Wildman–Crippen MR) is 126 cm³/mol. The number of rotatable bonds is 7. The number of carbonyl (C=O) groups excluding carboxylic acids is 2. The molecule has 0 bridgehead atoms. The Morgan fingerprint density at radius 1 is 1.00 bits per heavy atom. The van der Waals surface area contributed by atoms with Crippen molar-refractivity contribution in [1.29, 1.82) is 0 Å². The maximum Gasteiger partial charge on any atom is 0.264 e. The third kappa shape index (κ3) is 3.98. The van der Waals surface area contributed by atoms with Crippen LogP contribution in [0.4, 0.5) is 5.69 Å². The number of aliphatic hydroxyl groups is 1. The Morgan fingerprint density at radius 3 is 2.45 bits per heavy atom. The van der Waals surface area contributed by atoms with Crippen molar-refractivity contribution in [3.63, 3.8) is 0 Å². The van der Waals surface area contributed by atoms with Crippen molar-refractivity contribution in [3.05, 3.63) is 88.5 Å². The summed E-state index contributed by atoms with van der Waals surface area (Å²) in [5.41, 5.74) is 2.55. The van der Waals surface area contributed by atoms with E-state index in [0.29, 0.717) is 29.3 Å². The maximum atomic E-state index is 13.6. The fourth-order valence-corrected chi connectivity index (χ4v) is 4.38. The number of nitrogens with zero attached hydrogens (tertiary/aromatic N) is 1. The molecule has 0 aliphatic carbocycles. The quantitative estimate of drug-likeness (QED) is 0.548. The van der Waals surface area contributed by atoms with E-state index in [4.69, 9.17) is 9.47 Å². The highest BCUT2D eigenvalue weighted by atomic mass is 16.5. The van der Waals surface area contributed by atoms with Crippen molar-refractivity contribution in [2.75, 3.05) is 19.1 Å². The zero-order valence-corrected chi connectivity index (χ0v) is 19.2. The number of Topliss-reactive ketones (excluding diaryl/α,β-unsaturated/α-hetero) is 1. The molecule has 0 fully saturated rings. The highest BCUT2D eigenvalue weighted by Crippen LogP contribution is 2.44. The second-order valence-electron chi connectivity index (χ2n) is 8.36. The summed E-state index contributed by atoms with van der Waals surface area (Å²) in [6.45, 7) is 4.33. The molecule has 4 rings (SSSR count). The van der Waals surface area contributed by atoms with Crippen LogP contribution in [0.25, 0.3) is 0 Å². The first kappa shape index (κ1) is 22.6. The van der Waals surface area contributed by atoms with Crippen LogP contribution < -0.4 is 14.4 Å². The van der Waals surface area contributed by atoms with E-state index in [1.165, 1.54) is 14.2 Å². The molecule has 6 nitrogen and oxygen atoms in total. The van der Waals surface area contributed by atoms with Crippen LogP contribution in [0.2, 0.25) is 0 Å². The molecule has 1 heterocycles. The van der Waals surface area contributed by atoms with Gasteiger partial charge in [0.25, 0.3) is 5.91 Å². The standard InChI is InChI=1S/C27H27NO5/c1-17-9-10-19(18(2)13-17)16-28-23-8-6-5-7-22(23)27(31,26(28)30)15-24(29)21-12-11-20(32-3)14-25(21)33-4/h5-14,31H,15-16H2,1-4H3. The van der Waals surface area contributed by atoms with Gasteiger partial charge in [-0.2, -0.15) is 0 Å². The highest BCUT2D eigenvalue weighted by Gasteiger charge is 2.51. The molecule has 6 heteroatoms. The molecular formula is C27H27NO5. The summed E-state index contributed by atoms with van der Waals surface area (Å²) in [4.78, 5) is 28.4. The zero-order chi connectivity index (χ0) is 23.8. The molecule has 0 aromatic heterocycles. The fourth-order valence-electron chi connectivity index (χ4n) is 4.38. The number of carbonyl (C=O) groups is 2. The summed E-state index contributed by atoms with van der Waals surface area (Å²) in [5, 5.41) is 11.6. The summed E-state index contributed by atoms with van der Waals surface area (Å²) in [6.07, 6.45) is -0.394. The van der Waals surface area contributed by atoms with Gasteiger partial charge in [0.1, 0.15) is 11.5 Å². The number of aryl methyl sites for hydroxylation is 2. The van der Waals surface area contributed by atoms with Gasteiger partial charge in [0.15, 0.2) is 11.4 Å². The minimum Gasteiger partial charge on any atom is -0.497 e. The van der Waals surface area contributed by atoms with Gasteiger partial charge in [0.2, 0.25) is 0 Å². The van der Waals surface area contributed by atoms with Crippen LogP contribution in [0.5, 0.6) is 11.5 Å². The Morgan fingerprint density at radius 2 is 1.76 bits per heavy atom. The van der Waals surface area contributed by atoms with Gasteiger partial charge in [0, 0.05) is 11.6 Å². The lowest BCUT2D eigenvalue weighted by molar-refractivity contribution is -0.136. The van der Waals surface area contributed by atoms with Crippen LogP contribution in [0, 0.1) is 13.8 Å². The fraction of sp³-hybridized carbons (Fsp3) is 0.259. The molecule has 1 aliphatic heterocycles. The van der Waals surface area contributed by atoms with E-state index in [1.807, 2.05) is 32.0 Å². The molecule has 0 saturated heterocycles. The van der Waals surface area contributed by atoms with Gasteiger partial charge in [0.05, 0.1) is 38.4 Å². The van der Waals surface area contributed by atoms with Crippen molar-refractivity contribution in [1.82, 2.24) is 0 Å². The molecule has 1 aliphatic rings. The summed E-state index contributed by atoms with van der Waals surface area (Å²) < 4.78 is 10.5. The molecular weight excluding hydrogens is 418 g/mol. The van der Waals surface area contributed by atoms with E-state index >= 15 is 0 Å². The number of hydrogen-bond acceptors (Lipinski definition) is 5. The van der Waals surface area contributed by atoms with E-state index in [0.717, 1.165) is 16.7 Å². The van der Waals surface area contributed by atoms with Gasteiger partial charge in [-0.3, -0.25) is 9.59 Å². The Kier molecular flexibility index (Phi) is 5.95. The number of benzene rings is 3. The van der Waals surface area contributed by atoms with Crippen LogP contribution in [-0.4, -0.2) is 31.0 Å². The molecule has 1 N–H and O–H groups in total. The van der Waals surface area contributed by atoms with Crippen molar-refractivity contribution < 1.29 is 24.2 Å². The Balaban J connectivity index is 1.69. The van der Waals surface area contributed by atoms with Crippen LogP contribution in [0.1, 0.15) is 39.0 Å². The van der Waals surface area contributed by atoms with Gasteiger partial charge >= 0.3 is 0 Å². The number of anilines is 1. The average Bonchev–Trinajstić information content (AvgIpc) is 3.02. The number of amides is 1. The monoisotopic (exact) mass is 445 g/mol. The average molecular weight is 446 g/mol. The smallest absolute Gasteiger partial charge is 0.264 e. The second-order valence-corrected chi connectivity index (χ2v) is 8.36. The summed E-state index contributed by atoms with van der Waals surface area (Å²) in [6, 6.07) is 18.0. The minimum absolute atomic E-state index is 0.282. The van der Waals surface area contributed by atoms with E-state index in [1.54, 1.807) is 41.3 Å². The number of ketones is 1. The van der Waals surface area contributed by atoms with E-state index in [-0.39, 0.29) is 5.56 Å². The third-order valence-electron chi connectivity index (χ3n) is 6.19. The topological polar surface area (TPSA) is 76.1 Å². The first-order chi connectivity index (χ1) is 15.8. The van der Waals surface area contributed by atoms with Crippen molar-refractivity contribution in [2.45, 2.75) is 32.4 Å². The van der Waals surface area contributed by atoms with Crippen molar-refractivity contribution in [3.8, 4) is 11.5 Å². The molecule has 1 atom stereocenters. The molecule has 170 valence electrons. The van der Waals surface area contributed by atoms with Crippen LogP contribution >= 0.6 is 0 Å². The highest BCUT2D eigenvalue weighted by molar-refractivity contribution is 6.11. The van der Waals surface area contributed by atoms with Crippen LogP contribution in [-0.2, 0) is 16.9 Å². The number of ether oxygens (including phenoxy) is 2. The zero-order valence-electron chi connectivity index (χ0n) is 19.2. The molecule has 33 heavy (non-hydrogen) atoms. The minimum atomic E-state index is -1.96. The number of para-hydroxylation sites is 1. The SMILES string of the molecule is COc1ccc(C(=O)CC2(O)C(=O)N(Cc3ccc(C)cc3C)c3ccccc32)c(OC)c1. The van der Waals surface area contributed by atoms with Gasteiger partial charge in [-0.05, 0) is 43.2 Å². The Labute approximate surface area is 193 Å². The van der Waals surface area contributed by atoms with Gasteiger partial charge < -0.3 is 19.5 Å². The van der Waals surface area contributed by atoms with E-state index < -0.39 is 23.7 Å². The molecule has 1 unspecified atom stereocenters. The first-order valence-electron chi connectivity index (χ1n) is 10.7. The number of methoxy groups -OCH3 is 2. The normalized spacial score (nSPS) is 17.1. The molecule has 1 amide bonds. The second kappa shape index (κ2) is 8.71. The first-order valence-corrected chi connectivity index (χ1v) is 10.7. The molecule has 0 spiro atoms. The van der Waals surface area contributed by atoms with Gasteiger partial charge in [-0.15, -0.1) is 0 Å². The van der Waals surface area contributed by atoms with Gasteiger partial charge in [-0.1, -0.05) is 42.0 Å². The largest absolute Gasteiger partial charge is 0.497 e. The molecule has 3 aromatic rings. The predicted octanol–water partition coefficient (Wildman–Crippen LogP) is 4.33. The number of hydrogen-bond donors (Lipinski definition) is 1. The number of fused-ring (bicyclic) bond motifs is 1. The van der Waals surface area contributed by atoms with Crippen molar-refractivity contribution in [2.24, 2.45) is 0 Å². The van der Waals surface area contributed by atoms with E-state index in [2.05, 4.69) is 6.07 Å². The van der Waals surface area contributed by atoms with Crippen LogP contribution in [0.3, 0.4) is 0 Å². The lowest BCUT2D eigenvalue weighted by atomic mass is 9.88. The lowest BCUT2D eigenvalue weighted by Gasteiger charge is -2.23. The summed E-state index contributed by atoms with van der Waals surface area (Å²) >= 11 is 0. The molecule has 0 radical (unpaired) electrons. The molecule has 0 saturated carbocycles. The van der Waals surface area contributed by atoms with Gasteiger partial charge in [-0.25, -0.2) is 0 Å². The third-order valence-corrected chi connectivity index (χ3v) is 6.19. The molecule has 3 aromatic carbocycles. The Hall–Kier alpha value is -3.64. The van der Waals surface area contributed by atoms with Crippen LogP contribution in [0.15, 0.2) is 60.7 Å². The van der Waals surface area contributed by atoms with Crippen molar-refractivity contribution >= 4 is 17.4 Å². The maximum absolute atomic E-state index is 13.6. The van der Waals surface area contributed by atoms with E-state index in [9.17, 15) is 14.7 Å². The lowest BCUT2D eigenvalue weighted by Crippen LogP contribution is -2.41. The summed E-state index contributed by atoms with van der Waals surface area (Å²) in [5.74, 6) is -0.0316. The Bertz CT molecular complexity index is 1230. The summed E-state index contributed by atoms with van der Waals surface area (Å²) in [7, 11) is 2.99.